The van der Waals surface area contributed by atoms with Gasteiger partial charge in [-0.05, 0) is 18.2 Å². The molecule has 0 fully saturated rings. The molecule has 0 saturated carbocycles. The Morgan fingerprint density at radius 3 is 2.43 bits per heavy atom. The van der Waals surface area contributed by atoms with Crippen molar-refractivity contribution in [2.24, 2.45) is 0 Å². The van der Waals surface area contributed by atoms with E-state index >= 15 is 0 Å². The zero-order valence-electron chi connectivity index (χ0n) is 10.6. The largest absolute Gasteiger partial charge is 0.439 e. The van der Waals surface area contributed by atoms with E-state index in [4.69, 9.17) is 9.15 Å². The zero-order valence-corrected chi connectivity index (χ0v) is 10.6. The van der Waals surface area contributed by atoms with Gasteiger partial charge in [-0.2, -0.15) is 8.78 Å². The first kappa shape index (κ1) is 13.2. The van der Waals surface area contributed by atoms with Crippen LogP contribution < -0.4 is 4.74 Å². The van der Waals surface area contributed by atoms with Crippen molar-refractivity contribution >= 4 is 0 Å². The highest BCUT2D eigenvalue weighted by Crippen LogP contribution is 2.25. The summed E-state index contributed by atoms with van der Waals surface area (Å²) < 4.78 is 35.1. The summed E-state index contributed by atoms with van der Waals surface area (Å²) >= 11 is 0. The minimum Gasteiger partial charge on any atom is -0.439 e. The van der Waals surface area contributed by atoms with Gasteiger partial charge in [-0.1, -0.05) is 18.2 Å². The third-order valence-electron chi connectivity index (χ3n) is 2.58. The number of alkyl halides is 2. The summed E-state index contributed by atoms with van der Waals surface area (Å²) in [5.74, 6) is 0.299. The van der Waals surface area contributed by atoms with E-state index in [0.29, 0.717) is 17.2 Å². The average molecular weight is 289 g/mol. The summed E-state index contributed by atoms with van der Waals surface area (Å²) in [7, 11) is 0. The quantitative estimate of drug-likeness (QED) is 0.729. The normalized spacial score (nSPS) is 10.8. The highest BCUT2D eigenvalue weighted by Gasteiger charge is 2.17. The van der Waals surface area contributed by atoms with E-state index in [9.17, 15) is 8.78 Å². The lowest BCUT2D eigenvalue weighted by Gasteiger charge is -2.04. The van der Waals surface area contributed by atoms with Crippen LogP contribution in [0.1, 0.15) is 12.3 Å². The number of rotatable bonds is 4. The molecule has 21 heavy (non-hydrogen) atoms. The van der Waals surface area contributed by atoms with Gasteiger partial charge in [0.1, 0.15) is 5.75 Å². The second-order valence-corrected chi connectivity index (χ2v) is 4.05. The van der Waals surface area contributed by atoms with Gasteiger partial charge >= 0.3 is 6.43 Å². The topological polar surface area (TPSA) is 61.0 Å². The number of ether oxygens (including phenoxy) is 1. The molecule has 2 aromatic heterocycles. The predicted octanol–water partition coefficient (Wildman–Crippen LogP) is 3.86. The molecule has 0 N–H and O–H groups in total. The Kier molecular flexibility index (Phi) is 3.55. The maximum Gasteiger partial charge on any atom is 0.314 e. The van der Waals surface area contributed by atoms with Crippen LogP contribution in [0.15, 0.2) is 53.1 Å². The lowest BCUT2D eigenvalue weighted by Crippen LogP contribution is -1.88. The summed E-state index contributed by atoms with van der Waals surface area (Å²) in [5, 5.41) is 6.80. The van der Waals surface area contributed by atoms with Gasteiger partial charge in [0.05, 0.1) is 5.56 Å². The summed E-state index contributed by atoms with van der Waals surface area (Å²) in [6.07, 6.45) is -1.37. The summed E-state index contributed by atoms with van der Waals surface area (Å²) in [6, 6.07) is 12.3. The van der Waals surface area contributed by atoms with E-state index in [-0.39, 0.29) is 5.89 Å². The van der Waals surface area contributed by atoms with Gasteiger partial charge in [-0.3, -0.25) is 0 Å². The number of aromatic nitrogens is 3. The van der Waals surface area contributed by atoms with Crippen LogP contribution in [-0.2, 0) is 0 Å². The Bertz CT molecular complexity index is 715. The number of para-hydroxylation sites is 1. The Morgan fingerprint density at radius 2 is 1.81 bits per heavy atom. The van der Waals surface area contributed by atoms with Gasteiger partial charge in [0.2, 0.25) is 11.8 Å². The molecule has 7 heteroatoms. The fourth-order valence-corrected chi connectivity index (χ4v) is 1.62. The van der Waals surface area contributed by atoms with Crippen molar-refractivity contribution in [1.29, 1.82) is 0 Å². The maximum absolute atomic E-state index is 12.4. The molecule has 0 bridgehead atoms. The number of pyridine rings is 1. The SMILES string of the molecule is FC(F)c1nnc(-c2ccc(Oc3ccccc3)nc2)o1. The third-order valence-corrected chi connectivity index (χ3v) is 2.58. The Balaban J connectivity index is 1.77. The third kappa shape index (κ3) is 3.02. The van der Waals surface area contributed by atoms with Crippen molar-refractivity contribution in [3.8, 4) is 23.1 Å². The molecule has 0 aliphatic heterocycles. The molecular weight excluding hydrogens is 280 g/mol. The molecule has 106 valence electrons. The van der Waals surface area contributed by atoms with E-state index < -0.39 is 12.3 Å². The van der Waals surface area contributed by atoms with E-state index in [1.54, 1.807) is 24.3 Å². The van der Waals surface area contributed by atoms with Crippen molar-refractivity contribution in [2.75, 3.05) is 0 Å². The smallest absolute Gasteiger partial charge is 0.314 e. The molecule has 0 spiro atoms. The van der Waals surface area contributed by atoms with Gasteiger partial charge in [0.15, 0.2) is 0 Å². The van der Waals surface area contributed by atoms with Crippen molar-refractivity contribution in [2.45, 2.75) is 6.43 Å². The van der Waals surface area contributed by atoms with Gasteiger partial charge in [0.25, 0.3) is 5.89 Å². The van der Waals surface area contributed by atoms with Crippen LogP contribution in [0.2, 0.25) is 0 Å². The first-order valence-corrected chi connectivity index (χ1v) is 6.03. The highest BCUT2D eigenvalue weighted by molar-refractivity contribution is 5.51. The van der Waals surface area contributed by atoms with Crippen molar-refractivity contribution in [3.63, 3.8) is 0 Å². The number of benzene rings is 1. The fraction of sp³-hybridized carbons (Fsp3) is 0.0714. The Morgan fingerprint density at radius 1 is 1.00 bits per heavy atom. The van der Waals surface area contributed by atoms with E-state index in [1.165, 1.54) is 6.20 Å². The van der Waals surface area contributed by atoms with E-state index in [2.05, 4.69) is 15.2 Å². The number of hydrogen-bond donors (Lipinski definition) is 0. The standard InChI is InChI=1S/C14H9F2N3O2/c15-12(16)14-19-18-13(21-14)9-6-7-11(17-8-9)20-10-4-2-1-3-5-10/h1-8,12H. The van der Waals surface area contributed by atoms with Crippen LogP contribution in [0.5, 0.6) is 11.6 Å². The molecular formula is C14H9F2N3O2. The second-order valence-electron chi connectivity index (χ2n) is 4.05. The monoisotopic (exact) mass is 289 g/mol. The zero-order chi connectivity index (χ0) is 14.7. The molecule has 0 saturated heterocycles. The van der Waals surface area contributed by atoms with Crippen LogP contribution in [0.3, 0.4) is 0 Å². The number of hydrogen-bond acceptors (Lipinski definition) is 5. The van der Waals surface area contributed by atoms with Gasteiger partial charge in [-0.25, -0.2) is 4.98 Å². The first-order valence-electron chi connectivity index (χ1n) is 6.03. The lowest BCUT2D eigenvalue weighted by molar-refractivity contribution is 0.116. The molecule has 0 unspecified atom stereocenters. The lowest BCUT2D eigenvalue weighted by atomic mass is 10.3. The summed E-state index contributed by atoms with van der Waals surface area (Å²) in [5.41, 5.74) is 0.440. The molecule has 0 atom stereocenters. The highest BCUT2D eigenvalue weighted by atomic mass is 19.3. The Hall–Kier alpha value is -2.83. The van der Waals surface area contributed by atoms with Crippen LogP contribution >= 0.6 is 0 Å². The molecule has 0 amide bonds. The van der Waals surface area contributed by atoms with E-state index in [0.717, 1.165) is 0 Å². The van der Waals surface area contributed by atoms with Crippen molar-refractivity contribution < 1.29 is 17.9 Å². The minimum atomic E-state index is -2.79. The average Bonchev–Trinajstić information content (AvgIpc) is 2.99. The van der Waals surface area contributed by atoms with Crippen LogP contribution in [0.4, 0.5) is 8.78 Å². The summed E-state index contributed by atoms with van der Waals surface area (Å²) in [6.45, 7) is 0. The second kappa shape index (κ2) is 5.66. The number of nitrogens with zero attached hydrogens (tertiary/aromatic N) is 3. The van der Waals surface area contributed by atoms with Crippen LogP contribution in [0, 0.1) is 0 Å². The van der Waals surface area contributed by atoms with Gasteiger partial charge < -0.3 is 9.15 Å². The van der Waals surface area contributed by atoms with Gasteiger partial charge in [-0.15, -0.1) is 10.2 Å². The first-order chi connectivity index (χ1) is 10.2. The van der Waals surface area contributed by atoms with E-state index in [1.807, 2.05) is 18.2 Å². The molecule has 0 aliphatic carbocycles. The molecule has 3 rings (SSSR count). The van der Waals surface area contributed by atoms with Crippen LogP contribution in [-0.4, -0.2) is 15.2 Å². The minimum absolute atomic E-state index is 0.0101. The van der Waals surface area contributed by atoms with Crippen LogP contribution in [0.25, 0.3) is 11.5 Å². The molecule has 2 heterocycles. The maximum atomic E-state index is 12.4. The number of halogens is 2. The molecule has 5 nitrogen and oxygen atoms in total. The summed E-state index contributed by atoms with van der Waals surface area (Å²) in [4.78, 5) is 4.07. The van der Waals surface area contributed by atoms with Crippen molar-refractivity contribution in [3.05, 3.63) is 54.6 Å². The molecule has 0 radical (unpaired) electrons. The van der Waals surface area contributed by atoms with Crippen molar-refractivity contribution in [1.82, 2.24) is 15.2 Å². The fourth-order valence-electron chi connectivity index (χ4n) is 1.62. The Labute approximate surface area is 118 Å². The molecule has 0 aliphatic rings. The van der Waals surface area contributed by atoms with Gasteiger partial charge in [0, 0.05) is 12.3 Å². The predicted molar refractivity (Wildman–Crippen MR) is 69.0 cm³/mol. The molecule has 1 aromatic carbocycles. The molecule has 3 aromatic rings.